The number of nitriles is 1. The van der Waals surface area contributed by atoms with Crippen LogP contribution in [0.15, 0.2) is 52.4 Å². The van der Waals surface area contributed by atoms with Crippen molar-refractivity contribution in [1.82, 2.24) is 5.32 Å². The maximum absolute atomic E-state index is 12.2. The predicted octanol–water partition coefficient (Wildman–Crippen LogP) is 3.06. The lowest BCUT2D eigenvalue weighted by Gasteiger charge is -2.37. The second-order valence-electron chi connectivity index (χ2n) is 4.74. The molecule has 1 aromatic carbocycles. The highest BCUT2D eigenvalue weighted by Crippen LogP contribution is 2.41. The van der Waals surface area contributed by atoms with Gasteiger partial charge in [-0.25, -0.2) is 0 Å². The van der Waals surface area contributed by atoms with E-state index in [2.05, 4.69) is 17.9 Å². The molecule has 1 atom stereocenters. The molecule has 2 aromatic rings. The van der Waals surface area contributed by atoms with Gasteiger partial charge >= 0.3 is 0 Å². The van der Waals surface area contributed by atoms with E-state index in [1.165, 1.54) is 11.3 Å². The number of carbonyl (C=O) groups is 1. The molecule has 5 nitrogen and oxygen atoms in total. The fraction of sp³-hybridized carbons (Fsp3) is 0.125. The normalized spacial score (nSPS) is 17.7. The van der Waals surface area contributed by atoms with Gasteiger partial charge in [0.2, 0.25) is 0 Å². The van der Waals surface area contributed by atoms with E-state index in [0.717, 1.165) is 10.6 Å². The van der Waals surface area contributed by atoms with E-state index in [9.17, 15) is 10.1 Å². The van der Waals surface area contributed by atoms with E-state index in [0.29, 0.717) is 10.8 Å². The Labute approximate surface area is 143 Å². The lowest BCUT2D eigenvalue weighted by molar-refractivity contribution is -0.118. The molecule has 23 heavy (non-hydrogen) atoms. The Bertz CT molecular complexity index is 809. The van der Waals surface area contributed by atoms with Crippen LogP contribution in [0.3, 0.4) is 0 Å². The van der Waals surface area contributed by atoms with Gasteiger partial charge in [0.1, 0.15) is 23.6 Å². The van der Waals surface area contributed by atoms with Crippen molar-refractivity contribution in [3.63, 3.8) is 0 Å². The van der Waals surface area contributed by atoms with Crippen molar-refractivity contribution in [2.24, 2.45) is 0 Å². The summed E-state index contributed by atoms with van der Waals surface area (Å²) < 4.78 is 5.42. The molecule has 0 fully saturated rings. The molecule has 2 heterocycles. The highest BCUT2D eigenvalue weighted by atomic mass is 32.1. The second kappa shape index (κ2) is 6.36. The molecule has 1 aliphatic rings. The third-order valence-corrected chi connectivity index (χ3v) is 4.84. The molecule has 3 rings (SSSR count). The quantitative estimate of drug-likeness (QED) is 0.841. The Morgan fingerprint density at radius 3 is 2.78 bits per heavy atom. The topological polar surface area (TPSA) is 65.4 Å². The van der Waals surface area contributed by atoms with E-state index >= 15 is 0 Å². The molecule has 1 amide bonds. The number of thiophene rings is 1. The van der Waals surface area contributed by atoms with Crippen LogP contribution in [0.2, 0.25) is 0 Å². The number of nitrogens with one attached hydrogen (secondary N) is 1. The van der Waals surface area contributed by atoms with Crippen LogP contribution < -0.4 is 15.0 Å². The zero-order valence-electron chi connectivity index (χ0n) is 12.2. The number of ether oxygens (including phenoxy) is 1. The summed E-state index contributed by atoms with van der Waals surface area (Å²) in [5.41, 5.74) is 0.707. The molecule has 0 radical (unpaired) electrons. The first kappa shape index (κ1) is 15.5. The Balaban J connectivity index is 2.20. The monoisotopic (exact) mass is 343 g/mol. The van der Waals surface area contributed by atoms with Crippen LogP contribution in [0.4, 0.5) is 5.69 Å². The molecule has 0 saturated heterocycles. The van der Waals surface area contributed by atoms with Crippen LogP contribution in [0.5, 0.6) is 5.75 Å². The first-order valence-electron chi connectivity index (χ1n) is 6.77. The summed E-state index contributed by atoms with van der Waals surface area (Å²) >= 11 is 5.97. The molecular formula is C16H13N3O2S2. The first-order chi connectivity index (χ1) is 11.2. The molecule has 0 aliphatic carbocycles. The summed E-state index contributed by atoms with van der Waals surface area (Å²) in [4.78, 5) is 14.9. The zero-order valence-corrected chi connectivity index (χ0v) is 13.9. The SMILES string of the molecule is COc1ccccc1N1C(S)=C(C#N)C(=O)NC1c1cccs1. The number of thiol groups is 1. The minimum Gasteiger partial charge on any atom is -0.495 e. The van der Waals surface area contributed by atoms with Crippen LogP contribution in [-0.2, 0) is 4.79 Å². The number of benzene rings is 1. The van der Waals surface area contributed by atoms with E-state index in [1.54, 1.807) is 12.0 Å². The summed E-state index contributed by atoms with van der Waals surface area (Å²) in [5, 5.41) is 14.4. The van der Waals surface area contributed by atoms with E-state index in [4.69, 9.17) is 4.74 Å². The van der Waals surface area contributed by atoms with Gasteiger partial charge in [-0.2, -0.15) is 5.26 Å². The average molecular weight is 343 g/mol. The number of methoxy groups -OCH3 is 1. The molecule has 7 heteroatoms. The van der Waals surface area contributed by atoms with Crippen molar-refractivity contribution in [3.05, 3.63) is 57.3 Å². The van der Waals surface area contributed by atoms with Gasteiger partial charge in [0.25, 0.3) is 5.91 Å². The van der Waals surface area contributed by atoms with Gasteiger partial charge < -0.3 is 15.0 Å². The third-order valence-electron chi connectivity index (χ3n) is 3.47. The number of carbonyl (C=O) groups excluding carboxylic acids is 1. The highest BCUT2D eigenvalue weighted by molar-refractivity contribution is 7.84. The van der Waals surface area contributed by atoms with Gasteiger partial charge in [-0.05, 0) is 23.6 Å². The largest absolute Gasteiger partial charge is 0.495 e. The van der Waals surface area contributed by atoms with E-state index < -0.39 is 12.1 Å². The first-order valence-corrected chi connectivity index (χ1v) is 8.10. The minimum atomic E-state index is -0.441. The maximum Gasteiger partial charge on any atom is 0.266 e. The van der Waals surface area contributed by atoms with Gasteiger partial charge in [0.05, 0.1) is 17.8 Å². The summed E-state index contributed by atoms with van der Waals surface area (Å²) in [6.07, 6.45) is -0.441. The molecule has 1 aromatic heterocycles. The molecule has 1 N–H and O–H groups in total. The lowest BCUT2D eigenvalue weighted by Crippen LogP contribution is -2.45. The van der Waals surface area contributed by atoms with Crippen LogP contribution in [0, 0.1) is 11.3 Å². The van der Waals surface area contributed by atoms with Crippen molar-refractivity contribution >= 4 is 35.6 Å². The Morgan fingerprint density at radius 2 is 2.13 bits per heavy atom. The number of anilines is 1. The molecule has 116 valence electrons. The Hall–Kier alpha value is -2.43. The van der Waals surface area contributed by atoms with Crippen molar-refractivity contribution in [2.45, 2.75) is 6.17 Å². The zero-order chi connectivity index (χ0) is 16.4. The number of hydrogen-bond acceptors (Lipinski definition) is 6. The summed E-state index contributed by atoms with van der Waals surface area (Å²) in [5.74, 6) is 0.205. The van der Waals surface area contributed by atoms with Crippen molar-refractivity contribution in [1.29, 1.82) is 5.26 Å². The fourth-order valence-electron chi connectivity index (χ4n) is 2.43. The molecule has 0 spiro atoms. The lowest BCUT2D eigenvalue weighted by atomic mass is 10.1. The van der Waals surface area contributed by atoms with Crippen LogP contribution in [-0.4, -0.2) is 13.0 Å². The average Bonchev–Trinajstić information content (AvgIpc) is 3.09. The summed E-state index contributed by atoms with van der Waals surface area (Å²) in [7, 11) is 1.58. The third kappa shape index (κ3) is 2.67. The summed E-state index contributed by atoms with van der Waals surface area (Å²) in [6.45, 7) is 0. The molecular weight excluding hydrogens is 330 g/mol. The molecule has 0 saturated carbocycles. The predicted molar refractivity (Wildman–Crippen MR) is 92.3 cm³/mol. The van der Waals surface area contributed by atoms with Crippen molar-refractivity contribution in [3.8, 4) is 11.8 Å². The molecule has 1 unspecified atom stereocenters. The number of nitrogens with zero attached hydrogens (tertiary/aromatic N) is 2. The van der Waals surface area contributed by atoms with E-state index in [-0.39, 0.29) is 5.57 Å². The van der Waals surface area contributed by atoms with Gasteiger partial charge in [-0.15, -0.1) is 24.0 Å². The maximum atomic E-state index is 12.2. The van der Waals surface area contributed by atoms with Gasteiger partial charge in [0, 0.05) is 4.88 Å². The van der Waals surface area contributed by atoms with Gasteiger partial charge in [-0.3, -0.25) is 4.79 Å². The Kier molecular flexibility index (Phi) is 4.28. The number of amides is 1. The van der Waals surface area contributed by atoms with E-state index in [1.807, 2.05) is 47.8 Å². The number of hydrogen-bond donors (Lipinski definition) is 2. The van der Waals surface area contributed by atoms with Crippen LogP contribution in [0.1, 0.15) is 11.0 Å². The number of rotatable bonds is 3. The highest BCUT2D eigenvalue weighted by Gasteiger charge is 2.35. The minimum absolute atomic E-state index is 0.0213. The Morgan fingerprint density at radius 1 is 1.35 bits per heavy atom. The van der Waals surface area contributed by atoms with Crippen molar-refractivity contribution in [2.75, 3.05) is 12.0 Å². The second-order valence-corrected chi connectivity index (χ2v) is 6.15. The fourth-order valence-corrected chi connectivity index (χ4v) is 3.57. The molecule has 1 aliphatic heterocycles. The van der Waals surface area contributed by atoms with Crippen molar-refractivity contribution < 1.29 is 9.53 Å². The molecule has 0 bridgehead atoms. The van der Waals surface area contributed by atoms with Crippen LogP contribution in [0.25, 0.3) is 0 Å². The van der Waals surface area contributed by atoms with Gasteiger partial charge in [0.15, 0.2) is 0 Å². The van der Waals surface area contributed by atoms with Crippen LogP contribution >= 0.6 is 24.0 Å². The standard InChI is InChI=1S/C16H13N3O2S2/c1-21-12-6-3-2-5-11(12)19-14(13-7-4-8-23-13)18-15(20)10(9-17)16(19)22/h2-8,14,22H,1H3,(H,18,20). The van der Waals surface area contributed by atoms with Gasteiger partial charge in [-0.1, -0.05) is 18.2 Å². The smallest absolute Gasteiger partial charge is 0.266 e. The summed E-state index contributed by atoms with van der Waals surface area (Å²) in [6, 6.07) is 13.2. The number of para-hydroxylation sites is 2.